The van der Waals surface area contributed by atoms with Gasteiger partial charge in [-0.3, -0.25) is 14.4 Å². The van der Waals surface area contributed by atoms with Crippen molar-refractivity contribution in [3.05, 3.63) is 72.3 Å². The van der Waals surface area contributed by atoms with Gasteiger partial charge in [-0.25, -0.2) is 0 Å². The van der Waals surface area contributed by atoms with Crippen LogP contribution in [-0.4, -0.2) is 29.4 Å². The third-order valence-corrected chi connectivity index (χ3v) is 5.12. The second-order valence-corrected chi connectivity index (χ2v) is 6.95. The lowest BCUT2D eigenvalue weighted by atomic mass is 9.82. The number of rotatable bonds is 6. The number of carbonyl (C=O) groups is 3. The number of carboxylic acids is 1. The minimum absolute atomic E-state index is 0.125. The average Bonchev–Trinajstić information content (AvgIpc) is 2.75. The second-order valence-electron chi connectivity index (χ2n) is 6.95. The Morgan fingerprint density at radius 3 is 2.17 bits per heavy atom. The van der Waals surface area contributed by atoms with Crippen LogP contribution in [0.15, 0.2) is 66.7 Å². The summed E-state index contributed by atoms with van der Waals surface area (Å²) in [5.74, 6) is -2.73. The molecular weight excluding hydrogens is 368 g/mol. The molecule has 6 heteroatoms. The predicted molar refractivity (Wildman–Crippen MR) is 112 cm³/mol. The van der Waals surface area contributed by atoms with Gasteiger partial charge < -0.3 is 15.3 Å². The molecule has 2 N–H and O–H groups in total. The number of nitrogens with zero attached hydrogens (tertiary/aromatic N) is 1. The molecule has 0 aromatic heterocycles. The molecule has 0 saturated carbocycles. The number of aliphatic carboxylic acids is 1. The van der Waals surface area contributed by atoms with E-state index in [-0.39, 0.29) is 11.8 Å². The van der Waals surface area contributed by atoms with Gasteiger partial charge in [0.1, 0.15) is 0 Å². The van der Waals surface area contributed by atoms with Crippen molar-refractivity contribution in [1.82, 2.24) is 0 Å². The van der Waals surface area contributed by atoms with Crippen LogP contribution >= 0.6 is 0 Å². The predicted octanol–water partition coefficient (Wildman–Crippen LogP) is 3.96. The quantitative estimate of drug-likeness (QED) is 0.729. The van der Waals surface area contributed by atoms with E-state index < -0.39 is 17.8 Å². The van der Waals surface area contributed by atoms with Crippen LogP contribution in [0.5, 0.6) is 0 Å². The number of amides is 2. The standard InChI is InChI=1S/C23H24N2O4/c1-2-25(18-8-4-3-5-9-18)22(27)16-12-14-17(15-13-16)24-21(26)19-10-6-7-11-20(19)23(28)29/h3-9,12-15,19-20H,2,10-11H2,1H3,(H,24,26)(H,28,29)/t19-,20-/m1/s1. The summed E-state index contributed by atoms with van der Waals surface area (Å²) in [6.07, 6.45) is 4.40. The highest BCUT2D eigenvalue weighted by atomic mass is 16.4. The summed E-state index contributed by atoms with van der Waals surface area (Å²) in [7, 11) is 0. The Labute approximate surface area is 169 Å². The maximum Gasteiger partial charge on any atom is 0.307 e. The van der Waals surface area contributed by atoms with Crippen LogP contribution in [0.25, 0.3) is 0 Å². The fourth-order valence-electron chi connectivity index (χ4n) is 3.52. The van der Waals surface area contributed by atoms with Crippen molar-refractivity contribution >= 4 is 29.2 Å². The van der Waals surface area contributed by atoms with Gasteiger partial charge in [0.25, 0.3) is 5.91 Å². The molecule has 0 radical (unpaired) electrons. The molecule has 3 rings (SSSR count). The molecule has 0 saturated heterocycles. The highest BCUT2D eigenvalue weighted by Crippen LogP contribution is 2.27. The number of hydrogen-bond donors (Lipinski definition) is 2. The van der Waals surface area contributed by atoms with Crippen molar-refractivity contribution in [2.24, 2.45) is 11.8 Å². The molecular formula is C23H24N2O4. The molecule has 0 fully saturated rings. The largest absolute Gasteiger partial charge is 0.481 e. The first-order chi connectivity index (χ1) is 14.0. The minimum Gasteiger partial charge on any atom is -0.481 e. The van der Waals surface area contributed by atoms with Gasteiger partial charge in [0.15, 0.2) is 0 Å². The van der Waals surface area contributed by atoms with Gasteiger partial charge in [0.2, 0.25) is 5.91 Å². The van der Waals surface area contributed by atoms with E-state index in [2.05, 4.69) is 5.32 Å². The molecule has 0 unspecified atom stereocenters. The fraction of sp³-hybridized carbons (Fsp3) is 0.261. The molecule has 1 aliphatic carbocycles. The number of anilines is 2. The molecule has 0 spiro atoms. The van der Waals surface area contributed by atoms with Crippen molar-refractivity contribution in [2.75, 3.05) is 16.8 Å². The highest BCUT2D eigenvalue weighted by Gasteiger charge is 2.33. The van der Waals surface area contributed by atoms with Gasteiger partial charge in [-0.2, -0.15) is 0 Å². The van der Waals surface area contributed by atoms with E-state index in [9.17, 15) is 19.5 Å². The number of hydrogen-bond acceptors (Lipinski definition) is 3. The minimum atomic E-state index is -0.962. The van der Waals surface area contributed by atoms with Gasteiger partial charge in [0.05, 0.1) is 11.8 Å². The van der Waals surface area contributed by atoms with E-state index in [4.69, 9.17) is 0 Å². The van der Waals surface area contributed by atoms with Crippen LogP contribution < -0.4 is 10.2 Å². The Morgan fingerprint density at radius 1 is 0.966 bits per heavy atom. The molecule has 1 aliphatic rings. The zero-order valence-electron chi connectivity index (χ0n) is 16.2. The maximum absolute atomic E-state index is 12.8. The van der Waals surface area contributed by atoms with Crippen molar-refractivity contribution in [2.45, 2.75) is 19.8 Å². The van der Waals surface area contributed by atoms with E-state index in [1.54, 1.807) is 35.2 Å². The first kappa shape index (κ1) is 20.3. The summed E-state index contributed by atoms with van der Waals surface area (Å²) >= 11 is 0. The number of benzene rings is 2. The molecule has 2 aromatic carbocycles. The van der Waals surface area contributed by atoms with Crippen molar-refractivity contribution < 1.29 is 19.5 Å². The number of allylic oxidation sites excluding steroid dienone is 2. The summed E-state index contributed by atoms with van der Waals surface area (Å²) < 4.78 is 0. The van der Waals surface area contributed by atoms with Crippen LogP contribution in [0.2, 0.25) is 0 Å². The van der Waals surface area contributed by atoms with Crippen LogP contribution in [0, 0.1) is 11.8 Å². The molecule has 150 valence electrons. The molecule has 6 nitrogen and oxygen atoms in total. The zero-order chi connectivity index (χ0) is 20.8. The third-order valence-electron chi connectivity index (χ3n) is 5.12. The lowest BCUT2D eigenvalue weighted by molar-refractivity contribution is -0.146. The van der Waals surface area contributed by atoms with Gasteiger partial charge in [-0.15, -0.1) is 0 Å². The second kappa shape index (κ2) is 9.19. The third kappa shape index (κ3) is 4.71. The van der Waals surface area contributed by atoms with Crippen LogP contribution in [-0.2, 0) is 9.59 Å². The topological polar surface area (TPSA) is 86.7 Å². The van der Waals surface area contributed by atoms with Gasteiger partial charge in [-0.1, -0.05) is 30.4 Å². The molecule has 2 aromatic rings. The van der Waals surface area contributed by atoms with Gasteiger partial charge >= 0.3 is 5.97 Å². The summed E-state index contributed by atoms with van der Waals surface area (Å²) in [5.41, 5.74) is 1.87. The van der Waals surface area contributed by atoms with Crippen LogP contribution in [0.1, 0.15) is 30.1 Å². The zero-order valence-corrected chi connectivity index (χ0v) is 16.2. The van der Waals surface area contributed by atoms with Gasteiger partial charge in [0, 0.05) is 23.5 Å². The van der Waals surface area contributed by atoms with Crippen molar-refractivity contribution in [3.63, 3.8) is 0 Å². The molecule has 2 atom stereocenters. The Morgan fingerprint density at radius 2 is 1.59 bits per heavy atom. The molecule has 0 heterocycles. The smallest absolute Gasteiger partial charge is 0.307 e. The maximum atomic E-state index is 12.8. The fourth-order valence-corrected chi connectivity index (χ4v) is 3.52. The number of para-hydroxylation sites is 1. The van der Waals surface area contributed by atoms with Crippen LogP contribution in [0.4, 0.5) is 11.4 Å². The van der Waals surface area contributed by atoms with Crippen molar-refractivity contribution in [1.29, 1.82) is 0 Å². The van der Waals surface area contributed by atoms with E-state index >= 15 is 0 Å². The summed E-state index contributed by atoms with van der Waals surface area (Å²) in [5, 5.41) is 12.1. The Bertz CT molecular complexity index is 906. The highest BCUT2D eigenvalue weighted by molar-refractivity contribution is 6.06. The summed E-state index contributed by atoms with van der Waals surface area (Å²) in [4.78, 5) is 38.5. The summed E-state index contributed by atoms with van der Waals surface area (Å²) in [6, 6.07) is 16.1. The van der Waals surface area contributed by atoms with E-state index in [0.29, 0.717) is 30.6 Å². The number of nitrogens with one attached hydrogen (secondary N) is 1. The Balaban J connectivity index is 1.70. The van der Waals surface area contributed by atoms with E-state index in [0.717, 1.165) is 5.69 Å². The molecule has 0 aliphatic heterocycles. The SMILES string of the molecule is CCN(C(=O)c1ccc(NC(=O)[C@@H]2CC=CC[C@H]2C(=O)O)cc1)c1ccccc1. The number of carbonyl (C=O) groups excluding carboxylic acids is 2. The van der Waals surface area contributed by atoms with Gasteiger partial charge in [-0.05, 0) is 56.2 Å². The summed E-state index contributed by atoms with van der Waals surface area (Å²) in [6.45, 7) is 2.45. The van der Waals surface area contributed by atoms with E-state index in [1.165, 1.54) is 0 Å². The lowest BCUT2D eigenvalue weighted by Gasteiger charge is -2.24. The molecule has 2 amide bonds. The number of carboxylic acid groups (broad SMARTS) is 1. The van der Waals surface area contributed by atoms with Crippen molar-refractivity contribution in [3.8, 4) is 0 Å². The van der Waals surface area contributed by atoms with Crippen LogP contribution in [0.3, 0.4) is 0 Å². The normalized spacial score (nSPS) is 18.1. The first-order valence-electron chi connectivity index (χ1n) is 9.67. The lowest BCUT2D eigenvalue weighted by Crippen LogP contribution is -2.34. The average molecular weight is 392 g/mol. The Kier molecular flexibility index (Phi) is 6.44. The molecule has 29 heavy (non-hydrogen) atoms. The monoisotopic (exact) mass is 392 g/mol. The first-order valence-corrected chi connectivity index (χ1v) is 9.67. The van der Waals surface area contributed by atoms with E-state index in [1.807, 2.05) is 43.3 Å². The molecule has 0 bridgehead atoms. The Hall–Kier alpha value is -3.41.